The van der Waals surface area contributed by atoms with Crippen LogP contribution in [0, 0.1) is 5.82 Å². The van der Waals surface area contributed by atoms with Crippen molar-refractivity contribution in [3.8, 4) is 0 Å². The molecule has 0 radical (unpaired) electrons. The maximum atomic E-state index is 13.4. The van der Waals surface area contributed by atoms with Gasteiger partial charge in [0, 0.05) is 26.9 Å². The molecule has 2 amide bonds. The largest absolute Gasteiger partial charge is 0.321 e. The molecule has 4 rings (SSSR count). The third kappa shape index (κ3) is 3.13. The molecule has 0 fully saturated rings. The number of halogens is 1. The van der Waals surface area contributed by atoms with Crippen LogP contribution in [0.25, 0.3) is 0 Å². The number of fused-ring (bicyclic) bond motifs is 2. The van der Waals surface area contributed by atoms with Gasteiger partial charge in [-0.3, -0.25) is 14.9 Å². The Balaban J connectivity index is 1.66. The number of aromatic nitrogens is 1. The number of benzene rings is 2. The van der Waals surface area contributed by atoms with Crippen LogP contribution in [0.15, 0.2) is 57.8 Å². The van der Waals surface area contributed by atoms with Gasteiger partial charge in [0.1, 0.15) is 5.82 Å². The van der Waals surface area contributed by atoms with Crippen molar-refractivity contribution in [3.63, 3.8) is 0 Å². The Hall–Kier alpha value is -2.71. The Morgan fingerprint density at radius 2 is 2.00 bits per heavy atom. The van der Waals surface area contributed by atoms with Gasteiger partial charge in [-0.1, -0.05) is 11.8 Å². The van der Waals surface area contributed by atoms with E-state index >= 15 is 0 Å². The minimum atomic E-state index is -0.469. The number of rotatable bonds is 2. The number of anilines is 2. The van der Waals surface area contributed by atoms with Crippen molar-refractivity contribution < 1.29 is 14.0 Å². The Kier molecular flexibility index (Phi) is 3.98. The minimum Gasteiger partial charge on any atom is -0.321 e. The highest BCUT2D eigenvalue weighted by atomic mass is 32.2. The van der Waals surface area contributed by atoms with Gasteiger partial charge in [-0.2, -0.15) is 0 Å². The maximum Gasteiger partial charge on any atom is 0.257 e. The first kappa shape index (κ1) is 15.8. The second-order valence-electron chi connectivity index (χ2n) is 5.20. The molecule has 0 bridgehead atoms. The summed E-state index contributed by atoms with van der Waals surface area (Å²) in [5.41, 5.74) is 1.18. The average molecular weight is 371 g/mol. The summed E-state index contributed by atoms with van der Waals surface area (Å²) in [5, 5.41) is 7.70. The molecular weight excluding hydrogens is 361 g/mol. The lowest BCUT2D eigenvalue weighted by Crippen LogP contribution is -2.14. The fraction of sp³-hybridized carbons (Fsp3) is 0. The molecule has 1 aliphatic rings. The van der Waals surface area contributed by atoms with Crippen LogP contribution in [-0.4, -0.2) is 16.8 Å². The number of carbonyl (C=O) groups is 2. The SMILES string of the molecule is O=C(Nc1nccs1)c1ccc2c(c1)NC(=O)c1cc(F)ccc1S2. The van der Waals surface area contributed by atoms with Crippen molar-refractivity contribution in [3.05, 3.63) is 64.9 Å². The zero-order valence-corrected chi connectivity index (χ0v) is 14.2. The molecule has 0 spiro atoms. The normalized spacial score (nSPS) is 12.6. The number of amides is 2. The molecule has 0 aliphatic carbocycles. The molecular formula is C17H10FN3O2S2. The lowest BCUT2D eigenvalue weighted by atomic mass is 10.1. The summed E-state index contributed by atoms with van der Waals surface area (Å²) < 4.78 is 13.4. The molecule has 25 heavy (non-hydrogen) atoms. The highest BCUT2D eigenvalue weighted by Crippen LogP contribution is 2.39. The van der Waals surface area contributed by atoms with E-state index < -0.39 is 11.7 Å². The summed E-state index contributed by atoms with van der Waals surface area (Å²) in [6.45, 7) is 0. The number of nitrogens with zero attached hydrogens (tertiary/aromatic N) is 1. The monoisotopic (exact) mass is 371 g/mol. The topological polar surface area (TPSA) is 71.1 Å². The van der Waals surface area contributed by atoms with E-state index in [9.17, 15) is 14.0 Å². The number of thiazole rings is 1. The van der Waals surface area contributed by atoms with Crippen molar-refractivity contribution >= 4 is 45.7 Å². The van der Waals surface area contributed by atoms with Crippen molar-refractivity contribution in [2.45, 2.75) is 9.79 Å². The van der Waals surface area contributed by atoms with E-state index in [-0.39, 0.29) is 11.5 Å². The van der Waals surface area contributed by atoms with E-state index in [1.165, 1.54) is 35.2 Å². The number of hydrogen-bond acceptors (Lipinski definition) is 5. The first-order chi connectivity index (χ1) is 12.1. The molecule has 5 nitrogen and oxygen atoms in total. The van der Waals surface area contributed by atoms with Gasteiger partial charge in [0.25, 0.3) is 11.8 Å². The third-order valence-electron chi connectivity index (χ3n) is 3.55. The van der Waals surface area contributed by atoms with Gasteiger partial charge in [-0.05, 0) is 36.4 Å². The van der Waals surface area contributed by atoms with Gasteiger partial charge in [0.2, 0.25) is 0 Å². The summed E-state index contributed by atoms with van der Waals surface area (Å²) in [7, 11) is 0. The Bertz CT molecular complexity index is 990. The van der Waals surface area contributed by atoms with Gasteiger partial charge >= 0.3 is 0 Å². The molecule has 124 valence electrons. The molecule has 1 aliphatic heterocycles. The molecule has 8 heteroatoms. The highest BCUT2D eigenvalue weighted by Gasteiger charge is 2.21. The summed E-state index contributed by atoms with van der Waals surface area (Å²) in [6, 6.07) is 9.14. The van der Waals surface area contributed by atoms with Crippen molar-refractivity contribution in [2.75, 3.05) is 10.6 Å². The zero-order valence-electron chi connectivity index (χ0n) is 12.6. The second kappa shape index (κ2) is 6.30. The smallest absolute Gasteiger partial charge is 0.257 e. The number of carbonyl (C=O) groups excluding carboxylic acids is 2. The van der Waals surface area contributed by atoms with Gasteiger partial charge < -0.3 is 5.32 Å². The van der Waals surface area contributed by atoms with E-state index in [2.05, 4.69) is 15.6 Å². The molecule has 0 saturated carbocycles. The van der Waals surface area contributed by atoms with Crippen LogP contribution in [0.5, 0.6) is 0 Å². The van der Waals surface area contributed by atoms with Crippen LogP contribution in [-0.2, 0) is 0 Å². The predicted octanol–water partition coefficient (Wildman–Crippen LogP) is 4.25. The van der Waals surface area contributed by atoms with E-state index in [0.717, 1.165) is 4.90 Å². The summed E-state index contributed by atoms with van der Waals surface area (Å²) in [4.78, 5) is 30.1. The number of nitrogens with one attached hydrogen (secondary N) is 2. The van der Waals surface area contributed by atoms with Crippen LogP contribution < -0.4 is 10.6 Å². The minimum absolute atomic E-state index is 0.273. The summed E-state index contributed by atoms with van der Waals surface area (Å²) in [5.74, 6) is -1.19. The van der Waals surface area contributed by atoms with E-state index in [4.69, 9.17) is 0 Å². The quantitative estimate of drug-likeness (QED) is 0.706. The Labute approximate surface area is 150 Å². The molecule has 2 aromatic carbocycles. The lowest BCUT2D eigenvalue weighted by molar-refractivity contribution is 0.101. The van der Waals surface area contributed by atoms with E-state index in [0.29, 0.717) is 21.3 Å². The molecule has 1 aromatic heterocycles. The maximum absolute atomic E-state index is 13.4. The molecule has 0 atom stereocenters. The highest BCUT2D eigenvalue weighted by molar-refractivity contribution is 7.99. The van der Waals surface area contributed by atoms with Crippen molar-refractivity contribution in [1.82, 2.24) is 4.98 Å². The standard InChI is InChI=1S/C17H10FN3O2S2/c18-10-2-4-13-11(8-10)16(23)20-12-7-9(1-3-14(12)25-13)15(22)21-17-19-5-6-24-17/h1-8H,(H,20,23)(H,19,21,22). The van der Waals surface area contributed by atoms with Crippen LogP contribution in [0.4, 0.5) is 15.2 Å². The van der Waals surface area contributed by atoms with Crippen LogP contribution in [0.1, 0.15) is 20.7 Å². The van der Waals surface area contributed by atoms with Gasteiger partial charge in [-0.15, -0.1) is 11.3 Å². The zero-order chi connectivity index (χ0) is 17.4. The van der Waals surface area contributed by atoms with Gasteiger partial charge in [0.15, 0.2) is 5.13 Å². The van der Waals surface area contributed by atoms with Crippen LogP contribution in [0.3, 0.4) is 0 Å². The molecule has 2 heterocycles. The molecule has 2 N–H and O–H groups in total. The summed E-state index contributed by atoms with van der Waals surface area (Å²) >= 11 is 2.67. The van der Waals surface area contributed by atoms with E-state index in [1.807, 2.05) is 0 Å². The fourth-order valence-electron chi connectivity index (χ4n) is 2.39. The summed E-state index contributed by atoms with van der Waals surface area (Å²) in [6.07, 6.45) is 1.60. The molecule has 3 aromatic rings. The van der Waals surface area contributed by atoms with E-state index in [1.54, 1.807) is 35.8 Å². The first-order valence-electron chi connectivity index (χ1n) is 7.24. The lowest BCUT2D eigenvalue weighted by Gasteiger charge is -2.08. The van der Waals surface area contributed by atoms with Crippen molar-refractivity contribution in [2.24, 2.45) is 0 Å². The van der Waals surface area contributed by atoms with Gasteiger partial charge in [0.05, 0.1) is 11.3 Å². The second-order valence-corrected chi connectivity index (χ2v) is 7.18. The van der Waals surface area contributed by atoms with Gasteiger partial charge in [-0.25, -0.2) is 9.37 Å². The molecule has 0 saturated heterocycles. The van der Waals surface area contributed by atoms with Crippen LogP contribution >= 0.6 is 23.1 Å². The third-order valence-corrected chi connectivity index (χ3v) is 5.39. The Morgan fingerprint density at radius 1 is 1.16 bits per heavy atom. The first-order valence-corrected chi connectivity index (χ1v) is 8.93. The fourth-order valence-corrected chi connectivity index (χ4v) is 3.90. The number of hydrogen-bond donors (Lipinski definition) is 2. The van der Waals surface area contributed by atoms with Crippen molar-refractivity contribution in [1.29, 1.82) is 0 Å². The molecule has 0 unspecified atom stereocenters. The predicted molar refractivity (Wildman–Crippen MR) is 95.0 cm³/mol. The Morgan fingerprint density at radius 3 is 2.80 bits per heavy atom. The average Bonchev–Trinajstić information content (AvgIpc) is 3.05. The van der Waals surface area contributed by atoms with Crippen LogP contribution in [0.2, 0.25) is 0 Å².